The SMILES string of the molecule is CO[C@H]1C[C@H](O)[C@H](CC(=O)O)[C@@H](COC(=O)c2ccccc2)O1. The van der Waals surface area contributed by atoms with Gasteiger partial charge in [-0.05, 0) is 12.1 Å². The number of aliphatic carboxylic acids is 1. The van der Waals surface area contributed by atoms with Crippen LogP contribution < -0.4 is 0 Å². The average molecular weight is 324 g/mol. The summed E-state index contributed by atoms with van der Waals surface area (Å²) in [5.41, 5.74) is 0.391. The first-order valence-electron chi connectivity index (χ1n) is 7.31. The summed E-state index contributed by atoms with van der Waals surface area (Å²) in [5, 5.41) is 19.1. The molecule has 1 fully saturated rings. The van der Waals surface area contributed by atoms with Crippen molar-refractivity contribution in [1.29, 1.82) is 0 Å². The van der Waals surface area contributed by atoms with Crippen LogP contribution in [0.5, 0.6) is 0 Å². The summed E-state index contributed by atoms with van der Waals surface area (Å²) in [6, 6.07) is 8.44. The Kier molecular flexibility index (Phi) is 6.09. The van der Waals surface area contributed by atoms with E-state index in [0.717, 1.165) is 0 Å². The number of benzene rings is 1. The van der Waals surface area contributed by atoms with Crippen LogP contribution in [-0.4, -0.2) is 54.4 Å². The van der Waals surface area contributed by atoms with E-state index in [4.69, 9.17) is 19.3 Å². The quantitative estimate of drug-likeness (QED) is 0.754. The maximum atomic E-state index is 12.0. The second-order valence-electron chi connectivity index (χ2n) is 5.37. The van der Waals surface area contributed by atoms with Crippen molar-refractivity contribution < 1.29 is 34.0 Å². The van der Waals surface area contributed by atoms with Crippen LogP contribution in [0, 0.1) is 5.92 Å². The van der Waals surface area contributed by atoms with E-state index in [1.54, 1.807) is 30.3 Å². The number of rotatable bonds is 6. The van der Waals surface area contributed by atoms with Gasteiger partial charge in [0.1, 0.15) is 12.7 Å². The summed E-state index contributed by atoms with van der Waals surface area (Å²) in [5.74, 6) is -2.24. The van der Waals surface area contributed by atoms with Crippen molar-refractivity contribution in [3.63, 3.8) is 0 Å². The lowest BCUT2D eigenvalue weighted by Gasteiger charge is -2.38. The minimum atomic E-state index is -1.05. The molecular formula is C16H20O7. The predicted molar refractivity (Wildman–Crippen MR) is 78.8 cm³/mol. The molecule has 2 N–H and O–H groups in total. The fourth-order valence-electron chi connectivity index (χ4n) is 2.57. The molecular weight excluding hydrogens is 304 g/mol. The van der Waals surface area contributed by atoms with Crippen molar-refractivity contribution in [2.75, 3.05) is 13.7 Å². The second kappa shape index (κ2) is 8.05. The number of aliphatic hydroxyl groups excluding tert-OH is 1. The van der Waals surface area contributed by atoms with E-state index in [1.807, 2.05) is 0 Å². The fourth-order valence-corrected chi connectivity index (χ4v) is 2.57. The number of hydrogen-bond donors (Lipinski definition) is 2. The molecule has 7 nitrogen and oxygen atoms in total. The first-order valence-corrected chi connectivity index (χ1v) is 7.31. The summed E-state index contributed by atoms with van der Waals surface area (Å²) in [7, 11) is 1.43. The molecule has 1 heterocycles. The first-order chi connectivity index (χ1) is 11.0. The van der Waals surface area contributed by atoms with Gasteiger partial charge in [0.15, 0.2) is 6.29 Å². The largest absolute Gasteiger partial charge is 0.481 e. The molecule has 0 unspecified atom stereocenters. The van der Waals surface area contributed by atoms with Crippen LogP contribution in [-0.2, 0) is 19.0 Å². The molecule has 1 saturated heterocycles. The van der Waals surface area contributed by atoms with Gasteiger partial charge in [-0.2, -0.15) is 0 Å². The van der Waals surface area contributed by atoms with Crippen molar-refractivity contribution in [3.8, 4) is 0 Å². The summed E-state index contributed by atoms with van der Waals surface area (Å²) < 4.78 is 15.8. The van der Waals surface area contributed by atoms with Crippen LogP contribution >= 0.6 is 0 Å². The molecule has 126 valence electrons. The van der Waals surface area contributed by atoms with Crippen molar-refractivity contribution in [1.82, 2.24) is 0 Å². The molecule has 0 radical (unpaired) electrons. The molecule has 1 aliphatic heterocycles. The Balaban J connectivity index is 2.01. The van der Waals surface area contributed by atoms with E-state index >= 15 is 0 Å². The minimum absolute atomic E-state index is 0.150. The molecule has 0 bridgehead atoms. The number of carbonyl (C=O) groups is 2. The van der Waals surface area contributed by atoms with E-state index in [1.165, 1.54) is 7.11 Å². The number of hydrogen-bond acceptors (Lipinski definition) is 6. The van der Waals surface area contributed by atoms with Crippen LogP contribution in [0.1, 0.15) is 23.2 Å². The van der Waals surface area contributed by atoms with Crippen LogP contribution in [0.15, 0.2) is 30.3 Å². The zero-order valence-electron chi connectivity index (χ0n) is 12.8. The molecule has 0 aromatic heterocycles. The topological polar surface area (TPSA) is 102 Å². The van der Waals surface area contributed by atoms with Crippen molar-refractivity contribution in [3.05, 3.63) is 35.9 Å². The number of carboxylic acid groups (broad SMARTS) is 1. The van der Waals surface area contributed by atoms with E-state index < -0.39 is 36.4 Å². The van der Waals surface area contributed by atoms with E-state index in [0.29, 0.717) is 5.56 Å². The predicted octanol–water partition coefficient (Wildman–Crippen LogP) is 1.06. The maximum absolute atomic E-state index is 12.0. The summed E-state index contributed by atoms with van der Waals surface area (Å²) in [6.45, 7) is -0.150. The number of ether oxygens (including phenoxy) is 3. The highest BCUT2D eigenvalue weighted by molar-refractivity contribution is 5.89. The van der Waals surface area contributed by atoms with Gasteiger partial charge in [-0.25, -0.2) is 4.79 Å². The highest BCUT2D eigenvalue weighted by Crippen LogP contribution is 2.29. The van der Waals surface area contributed by atoms with E-state index in [-0.39, 0.29) is 19.4 Å². The average Bonchev–Trinajstić information content (AvgIpc) is 2.55. The van der Waals surface area contributed by atoms with Gasteiger partial charge in [0.2, 0.25) is 0 Å². The highest BCUT2D eigenvalue weighted by Gasteiger charge is 2.39. The number of carboxylic acids is 1. The third-order valence-corrected chi connectivity index (χ3v) is 3.79. The fraction of sp³-hybridized carbons (Fsp3) is 0.500. The number of aliphatic hydroxyl groups is 1. The normalized spacial score (nSPS) is 27.4. The maximum Gasteiger partial charge on any atom is 0.338 e. The Hall–Kier alpha value is -1.96. The van der Waals surface area contributed by atoms with E-state index in [2.05, 4.69) is 0 Å². The van der Waals surface area contributed by atoms with E-state index in [9.17, 15) is 14.7 Å². The van der Waals surface area contributed by atoms with Crippen molar-refractivity contribution in [2.24, 2.45) is 5.92 Å². The van der Waals surface area contributed by atoms with Gasteiger partial charge in [-0.15, -0.1) is 0 Å². The second-order valence-corrected chi connectivity index (χ2v) is 5.37. The lowest BCUT2D eigenvalue weighted by molar-refractivity contribution is -0.235. The van der Waals surface area contributed by atoms with Gasteiger partial charge < -0.3 is 24.4 Å². The molecule has 1 aromatic rings. The van der Waals surface area contributed by atoms with Gasteiger partial charge in [0.05, 0.1) is 18.1 Å². The molecule has 7 heteroatoms. The third kappa shape index (κ3) is 4.75. The summed E-state index contributed by atoms with van der Waals surface area (Å²) >= 11 is 0. The lowest BCUT2D eigenvalue weighted by Crippen LogP contribution is -2.48. The van der Waals surface area contributed by atoms with Crippen LogP contribution in [0.4, 0.5) is 0 Å². The molecule has 1 aliphatic rings. The number of carbonyl (C=O) groups excluding carboxylic acids is 1. The third-order valence-electron chi connectivity index (χ3n) is 3.79. The molecule has 23 heavy (non-hydrogen) atoms. The Bertz CT molecular complexity index is 530. The van der Waals surface area contributed by atoms with Gasteiger partial charge in [0, 0.05) is 19.4 Å². The Labute approximate surface area is 133 Å². The number of methoxy groups -OCH3 is 1. The van der Waals surface area contributed by atoms with Crippen molar-refractivity contribution in [2.45, 2.75) is 31.3 Å². The lowest BCUT2D eigenvalue weighted by atomic mass is 9.88. The van der Waals surface area contributed by atoms with Gasteiger partial charge in [-0.1, -0.05) is 18.2 Å². The zero-order valence-corrected chi connectivity index (χ0v) is 12.8. The first kappa shape index (κ1) is 17.4. The van der Waals surface area contributed by atoms with Gasteiger partial charge >= 0.3 is 11.9 Å². The molecule has 4 atom stereocenters. The summed E-state index contributed by atoms with van der Waals surface area (Å²) in [6.07, 6.45) is -2.39. The zero-order chi connectivity index (χ0) is 16.8. The molecule has 0 aliphatic carbocycles. The van der Waals surface area contributed by atoms with Crippen LogP contribution in [0.3, 0.4) is 0 Å². The molecule has 0 spiro atoms. The van der Waals surface area contributed by atoms with Crippen molar-refractivity contribution >= 4 is 11.9 Å². The molecule has 0 amide bonds. The van der Waals surface area contributed by atoms with Crippen LogP contribution in [0.25, 0.3) is 0 Å². The minimum Gasteiger partial charge on any atom is -0.481 e. The van der Waals surface area contributed by atoms with Gasteiger partial charge in [0.25, 0.3) is 0 Å². The van der Waals surface area contributed by atoms with Gasteiger partial charge in [-0.3, -0.25) is 4.79 Å². The Morgan fingerprint density at radius 3 is 2.61 bits per heavy atom. The standard InChI is InChI=1S/C16H20O7/c1-21-15-8-12(17)11(7-14(18)19)13(23-15)9-22-16(20)10-5-3-2-4-6-10/h2-6,11-13,15,17H,7-9H2,1H3,(H,18,19)/t11-,12-,13+,15+/m0/s1. The monoisotopic (exact) mass is 324 g/mol. The Morgan fingerprint density at radius 2 is 2.00 bits per heavy atom. The molecule has 0 saturated carbocycles. The smallest absolute Gasteiger partial charge is 0.338 e. The highest BCUT2D eigenvalue weighted by atomic mass is 16.7. The molecule has 1 aromatic carbocycles. The Morgan fingerprint density at radius 1 is 1.30 bits per heavy atom. The summed E-state index contributed by atoms with van der Waals surface area (Å²) in [4.78, 5) is 22.9. The number of esters is 1. The molecule has 2 rings (SSSR count). The van der Waals surface area contributed by atoms with Crippen LogP contribution in [0.2, 0.25) is 0 Å².